The molecule has 1 aromatic heterocycles. The molecule has 2 fully saturated rings. The molecule has 1 aliphatic carbocycles. The van der Waals surface area contributed by atoms with E-state index in [1.54, 1.807) is 18.6 Å². The van der Waals surface area contributed by atoms with Crippen molar-refractivity contribution in [2.24, 2.45) is 17.8 Å². The van der Waals surface area contributed by atoms with E-state index >= 15 is 0 Å². The summed E-state index contributed by atoms with van der Waals surface area (Å²) in [6, 6.07) is 0. The summed E-state index contributed by atoms with van der Waals surface area (Å²) in [5, 5.41) is 0. The van der Waals surface area contributed by atoms with Crippen LogP contribution in [0, 0.1) is 17.8 Å². The van der Waals surface area contributed by atoms with E-state index in [2.05, 4.69) is 23.8 Å². The highest BCUT2D eigenvalue weighted by Crippen LogP contribution is 2.34. The van der Waals surface area contributed by atoms with Gasteiger partial charge in [0.1, 0.15) is 6.10 Å². The third kappa shape index (κ3) is 4.25. The number of ether oxygens (including phenoxy) is 1. The molecular formula is C19H29N3O2. The summed E-state index contributed by atoms with van der Waals surface area (Å²) in [4.78, 5) is 23.1. The van der Waals surface area contributed by atoms with Gasteiger partial charge in [0, 0.05) is 24.9 Å². The Balaban J connectivity index is 1.52. The number of carbonyl (C=O) groups excluding carboxylic acids is 1. The van der Waals surface area contributed by atoms with Crippen molar-refractivity contribution in [1.82, 2.24) is 14.9 Å². The van der Waals surface area contributed by atoms with Crippen LogP contribution >= 0.6 is 0 Å². The first-order chi connectivity index (χ1) is 11.6. The van der Waals surface area contributed by atoms with Gasteiger partial charge in [-0.3, -0.25) is 9.78 Å². The van der Waals surface area contributed by atoms with Crippen molar-refractivity contribution in [3.05, 3.63) is 18.6 Å². The monoisotopic (exact) mass is 331 g/mol. The predicted octanol–water partition coefficient (Wildman–Crippen LogP) is 3.31. The minimum atomic E-state index is 0.0337. The molecule has 0 radical (unpaired) electrons. The quantitative estimate of drug-likeness (QED) is 0.849. The molecule has 1 aliphatic heterocycles. The van der Waals surface area contributed by atoms with Gasteiger partial charge in [-0.2, -0.15) is 0 Å². The molecule has 5 nitrogen and oxygen atoms in total. The number of amides is 1. The second-order valence-corrected chi connectivity index (χ2v) is 7.57. The molecule has 0 aromatic carbocycles. The van der Waals surface area contributed by atoms with Crippen molar-refractivity contribution >= 4 is 5.91 Å². The number of nitrogens with zero attached hydrogens (tertiary/aromatic N) is 3. The van der Waals surface area contributed by atoms with E-state index in [9.17, 15) is 4.79 Å². The maximum absolute atomic E-state index is 12.9. The van der Waals surface area contributed by atoms with E-state index in [1.165, 1.54) is 12.8 Å². The predicted molar refractivity (Wildman–Crippen MR) is 92.5 cm³/mol. The van der Waals surface area contributed by atoms with Crippen LogP contribution in [0.25, 0.3) is 0 Å². The molecule has 1 unspecified atom stereocenters. The van der Waals surface area contributed by atoms with Gasteiger partial charge in [0.05, 0.1) is 12.7 Å². The minimum Gasteiger partial charge on any atom is -0.471 e. The number of rotatable bonds is 4. The van der Waals surface area contributed by atoms with Gasteiger partial charge in [-0.25, -0.2) is 4.98 Å². The summed E-state index contributed by atoms with van der Waals surface area (Å²) < 4.78 is 5.90. The van der Waals surface area contributed by atoms with Gasteiger partial charge in [-0.1, -0.05) is 13.8 Å². The zero-order valence-electron chi connectivity index (χ0n) is 14.9. The summed E-state index contributed by atoms with van der Waals surface area (Å²) in [6.45, 7) is 6.14. The molecule has 1 saturated heterocycles. The zero-order chi connectivity index (χ0) is 16.9. The number of likely N-dealkylation sites (tertiary alicyclic amines) is 1. The van der Waals surface area contributed by atoms with Crippen molar-refractivity contribution in [1.29, 1.82) is 0 Å². The van der Waals surface area contributed by atoms with Gasteiger partial charge in [0.15, 0.2) is 0 Å². The van der Waals surface area contributed by atoms with Crippen LogP contribution in [0.15, 0.2) is 18.6 Å². The van der Waals surface area contributed by atoms with Crippen LogP contribution < -0.4 is 4.74 Å². The molecule has 1 saturated carbocycles. The molecule has 24 heavy (non-hydrogen) atoms. The number of hydrogen-bond acceptors (Lipinski definition) is 4. The van der Waals surface area contributed by atoms with E-state index in [-0.39, 0.29) is 12.0 Å². The maximum Gasteiger partial charge on any atom is 0.232 e. The molecule has 2 heterocycles. The third-order valence-electron chi connectivity index (χ3n) is 5.58. The molecule has 132 valence electrons. The smallest absolute Gasteiger partial charge is 0.232 e. The summed E-state index contributed by atoms with van der Waals surface area (Å²) in [5.74, 6) is 2.64. The molecular weight excluding hydrogens is 302 g/mol. The summed E-state index contributed by atoms with van der Waals surface area (Å²) in [7, 11) is 0. The average Bonchev–Trinajstić information content (AvgIpc) is 2.62. The lowest BCUT2D eigenvalue weighted by Crippen LogP contribution is -2.47. The van der Waals surface area contributed by atoms with Gasteiger partial charge in [-0.15, -0.1) is 0 Å². The van der Waals surface area contributed by atoms with E-state index in [1.807, 2.05) is 4.90 Å². The second kappa shape index (κ2) is 7.95. The zero-order valence-corrected chi connectivity index (χ0v) is 14.9. The summed E-state index contributed by atoms with van der Waals surface area (Å²) >= 11 is 0. The van der Waals surface area contributed by atoms with E-state index in [0.29, 0.717) is 18.3 Å². The molecule has 1 aromatic rings. The SMILES string of the molecule is CC(C)C1CCC(C(=O)N2CCCC(Oc3cnccn3)C2)CC1. The summed E-state index contributed by atoms with van der Waals surface area (Å²) in [5.41, 5.74) is 0. The van der Waals surface area contributed by atoms with Gasteiger partial charge in [0.2, 0.25) is 11.8 Å². The van der Waals surface area contributed by atoms with Crippen LogP contribution in [0.4, 0.5) is 0 Å². The molecule has 1 amide bonds. The van der Waals surface area contributed by atoms with Crippen molar-refractivity contribution < 1.29 is 9.53 Å². The summed E-state index contributed by atoms with van der Waals surface area (Å²) in [6.07, 6.45) is 11.4. The molecule has 0 N–H and O–H groups in total. The highest BCUT2D eigenvalue weighted by Gasteiger charge is 2.33. The van der Waals surface area contributed by atoms with Crippen molar-refractivity contribution in [3.63, 3.8) is 0 Å². The lowest BCUT2D eigenvalue weighted by atomic mass is 9.76. The molecule has 0 spiro atoms. The molecule has 2 aliphatic rings. The lowest BCUT2D eigenvalue weighted by Gasteiger charge is -2.37. The number of hydrogen-bond donors (Lipinski definition) is 0. The second-order valence-electron chi connectivity index (χ2n) is 7.57. The highest BCUT2D eigenvalue weighted by atomic mass is 16.5. The first-order valence-corrected chi connectivity index (χ1v) is 9.35. The van der Waals surface area contributed by atoms with E-state index in [4.69, 9.17) is 4.74 Å². The Kier molecular flexibility index (Phi) is 5.69. The molecule has 0 bridgehead atoms. The van der Waals surface area contributed by atoms with Crippen LogP contribution in [0.1, 0.15) is 52.4 Å². The van der Waals surface area contributed by atoms with Crippen LogP contribution in [0.3, 0.4) is 0 Å². The fraction of sp³-hybridized carbons (Fsp3) is 0.737. The fourth-order valence-corrected chi connectivity index (χ4v) is 4.04. The topological polar surface area (TPSA) is 55.3 Å². The van der Waals surface area contributed by atoms with Gasteiger partial charge in [-0.05, 0) is 50.4 Å². The fourth-order valence-electron chi connectivity index (χ4n) is 4.04. The number of carbonyl (C=O) groups is 1. The maximum atomic E-state index is 12.9. The Morgan fingerprint density at radius 1 is 1.21 bits per heavy atom. The van der Waals surface area contributed by atoms with Crippen molar-refractivity contribution in [2.75, 3.05) is 13.1 Å². The highest BCUT2D eigenvalue weighted by molar-refractivity contribution is 5.79. The lowest BCUT2D eigenvalue weighted by molar-refractivity contribution is -0.139. The standard InChI is InChI=1S/C19H29N3O2/c1-14(2)15-5-7-16(8-6-15)19(23)22-11-3-4-17(13-22)24-18-12-20-9-10-21-18/h9-10,12,14-17H,3-8,11,13H2,1-2H3. The van der Waals surface area contributed by atoms with Crippen molar-refractivity contribution in [3.8, 4) is 5.88 Å². The Morgan fingerprint density at radius 3 is 2.67 bits per heavy atom. The van der Waals surface area contributed by atoms with Gasteiger partial charge < -0.3 is 9.64 Å². The van der Waals surface area contributed by atoms with E-state index < -0.39 is 0 Å². The normalized spacial score (nSPS) is 28.0. The Bertz CT molecular complexity index is 527. The van der Waals surface area contributed by atoms with Gasteiger partial charge >= 0.3 is 0 Å². The first kappa shape index (κ1) is 17.2. The molecule has 1 atom stereocenters. The third-order valence-corrected chi connectivity index (χ3v) is 5.58. The Labute approximate surface area is 144 Å². The van der Waals surface area contributed by atoms with E-state index in [0.717, 1.165) is 44.1 Å². The average molecular weight is 331 g/mol. The number of piperidine rings is 1. The van der Waals surface area contributed by atoms with Crippen molar-refractivity contribution in [2.45, 2.75) is 58.5 Å². The van der Waals surface area contributed by atoms with Crippen LogP contribution in [0.5, 0.6) is 5.88 Å². The van der Waals surface area contributed by atoms with Crippen LogP contribution in [0.2, 0.25) is 0 Å². The Hall–Kier alpha value is -1.65. The van der Waals surface area contributed by atoms with Crippen LogP contribution in [-0.4, -0.2) is 40.0 Å². The Morgan fingerprint density at radius 2 is 2.00 bits per heavy atom. The van der Waals surface area contributed by atoms with Crippen LogP contribution in [-0.2, 0) is 4.79 Å². The molecule has 5 heteroatoms. The molecule has 3 rings (SSSR count). The largest absolute Gasteiger partial charge is 0.471 e. The number of aromatic nitrogens is 2. The van der Waals surface area contributed by atoms with Gasteiger partial charge in [0.25, 0.3) is 0 Å². The first-order valence-electron chi connectivity index (χ1n) is 9.35. The minimum absolute atomic E-state index is 0.0337.